The van der Waals surface area contributed by atoms with E-state index in [-0.39, 0.29) is 39.6 Å². The quantitative estimate of drug-likeness (QED) is 0.0547. The van der Waals surface area contributed by atoms with Crippen molar-refractivity contribution in [2.45, 2.75) is 153 Å². The van der Waals surface area contributed by atoms with E-state index in [9.17, 15) is 5.11 Å². The van der Waals surface area contributed by atoms with Gasteiger partial charge in [0.1, 0.15) is 54.9 Å². The first-order valence-corrected chi connectivity index (χ1v) is 26.4. The van der Waals surface area contributed by atoms with Gasteiger partial charge < -0.3 is 61.9 Å². The Balaban J connectivity index is 1.08. The molecule has 76 heavy (non-hydrogen) atoms. The highest BCUT2D eigenvalue weighted by molar-refractivity contribution is 5.18. The number of rotatable bonds is 25. The maximum absolute atomic E-state index is 12.1. The van der Waals surface area contributed by atoms with E-state index in [1.807, 2.05) is 203 Å². The minimum absolute atomic E-state index is 0.133. The van der Waals surface area contributed by atoms with Crippen molar-refractivity contribution >= 4 is 0 Å². The van der Waals surface area contributed by atoms with Crippen LogP contribution in [0, 0.1) is 0 Å². The van der Waals surface area contributed by atoms with Crippen molar-refractivity contribution < 1.29 is 61.9 Å². The number of hydrogen-bond donors (Lipinski definition) is 1. The predicted octanol–water partition coefficient (Wildman–Crippen LogP) is 10.1. The zero-order valence-corrected chi connectivity index (χ0v) is 43.6. The van der Waals surface area contributed by atoms with Crippen molar-refractivity contribution in [2.24, 2.45) is 0 Å². The average molecular weight is 1040 g/mol. The van der Waals surface area contributed by atoms with Crippen LogP contribution in [0.15, 0.2) is 195 Å². The molecular weight excluding hydrogens is 965 g/mol. The lowest BCUT2D eigenvalue weighted by molar-refractivity contribution is -0.397. The molecule has 0 bridgehead atoms. The zero-order valence-electron chi connectivity index (χ0n) is 43.6. The molecule has 13 heteroatoms. The van der Waals surface area contributed by atoms with Crippen LogP contribution in [0.4, 0.5) is 0 Å². The largest absolute Gasteiger partial charge is 0.368 e. The molecule has 9 rings (SSSR count). The van der Waals surface area contributed by atoms with Gasteiger partial charge in [-0.15, -0.1) is 6.58 Å². The van der Waals surface area contributed by atoms with E-state index in [0.29, 0.717) is 6.61 Å². The summed E-state index contributed by atoms with van der Waals surface area (Å²) >= 11 is 0. The Morgan fingerprint density at radius 1 is 0.342 bits per heavy atom. The molecular formula is C63H72O13. The first kappa shape index (κ1) is 55.3. The van der Waals surface area contributed by atoms with Crippen LogP contribution in [-0.2, 0) is 96.5 Å². The highest BCUT2D eigenvalue weighted by atomic mass is 16.8. The average Bonchev–Trinajstić information content (AvgIpc) is 3.50. The maximum atomic E-state index is 12.1. The Morgan fingerprint density at radius 2 is 0.605 bits per heavy atom. The molecule has 0 aromatic heterocycles. The third-order valence-corrected chi connectivity index (χ3v) is 13.9. The second kappa shape index (κ2) is 28.2. The monoisotopic (exact) mass is 1040 g/mol. The van der Waals surface area contributed by atoms with Gasteiger partial charge in [-0.05, 0) is 54.2 Å². The van der Waals surface area contributed by atoms with Crippen molar-refractivity contribution in [2.75, 3.05) is 6.61 Å². The Bertz CT molecular complexity index is 2560. The van der Waals surface area contributed by atoms with Gasteiger partial charge in [-0.25, -0.2) is 0 Å². The molecule has 0 spiro atoms. The third kappa shape index (κ3) is 15.0. The van der Waals surface area contributed by atoms with E-state index in [2.05, 4.69) is 6.58 Å². The molecule has 0 radical (unpaired) electrons. The van der Waals surface area contributed by atoms with Gasteiger partial charge in [0.2, 0.25) is 0 Å². The summed E-state index contributed by atoms with van der Waals surface area (Å²) < 4.78 is 82.5. The summed E-state index contributed by atoms with van der Waals surface area (Å²) in [6.07, 6.45) is -11.6. The van der Waals surface area contributed by atoms with Crippen LogP contribution in [0.2, 0.25) is 0 Å². The van der Waals surface area contributed by atoms with Crippen molar-refractivity contribution in [3.8, 4) is 0 Å². The van der Waals surface area contributed by atoms with Crippen LogP contribution in [0.3, 0.4) is 0 Å². The second-order valence-corrected chi connectivity index (χ2v) is 19.5. The topological polar surface area (TPSA) is 131 Å². The molecule has 3 fully saturated rings. The summed E-state index contributed by atoms with van der Waals surface area (Å²) in [6.45, 7) is 11.3. The van der Waals surface area contributed by atoms with Gasteiger partial charge >= 0.3 is 0 Å². The lowest BCUT2D eigenvalue weighted by atomic mass is 9.96. The molecule has 0 saturated carbocycles. The lowest BCUT2D eigenvalue weighted by Crippen LogP contribution is -2.67. The van der Waals surface area contributed by atoms with Crippen LogP contribution in [0.1, 0.15) is 54.2 Å². The first-order valence-electron chi connectivity index (χ1n) is 26.4. The summed E-state index contributed by atoms with van der Waals surface area (Å²) in [5, 5.41) is 12.1. The smallest absolute Gasteiger partial charge is 0.187 e. The van der Waals surface area contributed by atoms with Crippen LogP contribution in [0.5, 0.6) is 0 Å². The zero-order chi connectivity index (χ0) is 52.5. The van der Waals surface area contributed by atoms with Gasteiger partial charge in [-0.3, -0.25) is 0 Å². The van der Waals surface area contributed by atoms with Crippen LogP contribution < -0.4 is 0 Å². The number of aliphatic hydroxyl groups excluding tert-OH is 1. The Morgan fingerprint density at radius 3 is 0.947 bits per heavy atom. The van der Waals surface area contributed by atoms with Gasteiger partial charge in [0.25, 0.3) is 0 Å². The Labute approximate surface area is 447 Å². The summed E-state index contributed by atoms with van der Waals surface area (Å²) in [4.78, 5) is 0. The standard InChI is InChI=1S/C63H72O13/c1-5-36-65-57-54(68-39-48-28-16-8-17-29-48)45(4)74-63(75-58-55(69-40-49-30-18-9-19-31-49)52(43(2)72-61(58)64)66-37-46-24-12-6-13-25-46)60(57)76-62-59(71-42-51-34-22-11-23-35-51)56(70-41-50-32-20-10-21-33-50)53(44(3)73-62)67-38-47-26-14-7-15-27-47/h5-35,43-45,52-64H,1,36-42H2,2-4H3/t43-,44+,45-,52-,53+,54-,55+,56-,57+,58-,59-,60-,61-,62+,63+/m1/s1. The molecule has 3 heterocycles. The molecule has 0 unspecified atom stereocenters. The molecule has 6 aromatic rings. The van der Waals surface area contributed by atoms with E-state index in [1.165, 1.54) is 0 Å². The van der Waals surface area contributed by atoms with Gasteiger partial charge in [-0.1, -0.05) is 188 Å². The van der Waals surface area contributed by atoms with Gasteiger partial charge in [-0.2, -0.15) is 0 Å². The maximum Gasteiger partial charge on any atom is 0.187 e. The van der Waals surface area contributed by atoms with Gasteiger partial charge in [0.05, 0.1) is 64.6 Å². The fourth-order valence-corrected chi connectivity index (χ4v) is 9.97. The molecule has 0 aliphatic carbocycles. The highest BCUT2D eigenvalue weighted by Gasteiger charge is 2.56. The van der Waals surface area contributed by atoms with Crippen molar-refractivity contribution in [3.05, 3.63) is 228 Å². The SMILES string of the molecule is C=CCO[C@@H]1[C@@H](O[C@@H]2O[C@@H](C)[C@H](OCc3ccccc3)[C@@H](OCc3ccccc3)[C@H]2OCc2ccccc2)[C@H](O[C@@H]2[C@@H](OCc3ccccc3)[C@H](OCc3ccccc3)[C@@H](C)O[C@H]2O)O[C@H](C)[C@H]1OCc1ccccc1. The molecule has 402 valence electrons. The van der Waals surface area contributed by atoms with E-state index in [1.54, 1.807) is 6.08 Å². The van der Waals surface area contributed by atoms with E-state index in [4.69, 9.17) is 56.8 Å². The highest BCUT2D eigenvalue weighted by Crippen LogP contribution is 2.38. The number of hydrogen-bond acceptors (Lipinski definition) is 13. The first-order chi connectivity index (χ1) is 37.3. The minimum atomic E-state index is -1.47. The number of ether oxygens (including phenoxy) is 12. The predicted molar refractivity (Wildman–Crippen MR) is 285 cm³/mol. The van der Waals surface area contributed by atoms with Gasteiger partial charge in [0.15, 0.2) is 18.9 Å². The van der Waals surface area contributed by atoms with Gasteiger partial charge in [0, 0.05) is 0 Å². The molecule has 3 saturated heterocycles. The third-order valence-electron chi connectivity index (χ3n) is 13.9. The van der Waals surface area contributed by atoms with E-state index >= 15 is 0 Å². The Kier molecular flexibility index (Phi) is 20.6. The van der Waals surface area contributed by atoms with Crippen molar-refractivity contribution in [3.63, 3.8) is 0 Å². The molecule has 1 N–H and O–H groups in total. The van der Waals surface area contributed by atoms with Crippen LogP contribution in [0.25, 0.3) is 0 Å². The summed E-state index contributed by atoms with van der Waals surface area (Å²) in [5.41, 5.74) is 5.76. The molecule has 6 aromatic carbocycles. The molecule has 3 aliphatic rings. The summed E-state index contributed by atoms with van der Waals surface area (Å²) in [6, 6.07) is 59.5. The summed E-state index contributed by atoms with van der Waals surface area (Å²) in [5.74, 6) is 0. The molecule has 3 aliphatic heterocycles. The van der Waals surface area contributed by atoms with Crippen LogP contribution in [-0.4, -0.2) is 104 Å². The fraction of sp³-hybridized carbons (Fsp3) is 0.397. The Hall–Kier alpha value is -5.46. The fourth-order valence-electron chi connectivity index (χ4n) is 9.97. The lowest BCUT2D eigenvalue weighted by Gasteiger charge is -2.51. The normalized spacial score (nSPS) is 29.7. The van der Waals surface area contributed by atoms with Crippen LogP contribution >= 0.6 is 0 Å². The molecule has 13 nitrogen and oxygen atoms in total. The summed E-state index contributed by atoms with van der Waals surface area (Å²) in [7, 11) is 0. The van der Waals surface area contributed by atoms with E-state index in [0.717, 1.165) is 33.4 Å². The second-order valence-electron chi connectivity index (χ2n) is 19.5. The molecule has 0 amide bonds. The van der Waals surface area contributed by atoms with E-state index < -0.39 is 92.1 Å². The van der Waals surface area contributed by atoms with Crippen molar-refractivity contribution in [1.29, 1.82) is 0 Å². The molecule has 15 atom stereocenters. The minimum Gasteiger partial charge on any atom is -0.368 e. The van der Waals surface area contributed by atoms with Crippen molar-refractivity contribution in [1.82, 2.24) is 0 Å². The number of aliphatic hydroxyl groups is 1. The number of benzene rings is 6.